The molecule has 1 amide bonds. The molecule has 0 fully saturated rings. The standard InChI is InChI=1S/C22H27NO8S2/c1-6-17(16-12-8-7-9-13-16)20(24)31-23(21(25)30-22(2,3)4)33(28,29)19-15-11-10-14-18(19)32(5,26)27/h7-15,17H,6H2,1-5H3. The quantitative estimate of drug-likeness (QED) is 0.554. The van der Waals surface area contributed by atoms with Crippen molar-refractivity contribution in [2.45, 2.75) is 55.4 Å². The van der Waals surface area contributed by atoms with Crippen LogP contribution in [0.1, 0.15) is 45.6 Å². The lowest BCUT2D eigenvalue weighted by Crippen LogP contribution is -2.43. The van der Waals surface area contributed by atoms with Crippen LogP contribution in [0, 0.1) is 0 Å². The molecule has 2 aromatic carbocycles. The fourth-order valence-electron chi connectivity index (χ4n) is 2.91. The number of nitrogens with zero attached hydrogens (tertiary/aromatic N) is 1. The van der Waals surface area contributed by atoms with Crippen LogP contribution in [-0.4, -0.2) is 45.2 Å². The first-order chi connectivity index (χ1) is 15.2. The van der Waals surface area contributed by atoms with Gasteiger partial charge in [-0.05, 0) is 49.4 Å². The summed E-state index contributed by atoms with van der Waals surface area (Å²) >= 11 is 0. The number of hydrogen-bond acceptors (Lipinski definition) is 8. The van der Waals surface area contributed by atoms with Crippen LogP contribution in [0.5, 0.6) is 0 Å². The molecule has 1 unspecified atom stereocenters. The molecule has 180 valence electrons. The van der Waals surface area contributed by atoms with Crippen LogP contribution in [0.4, 0.5) is 4.79 Å². The van der Waals surface area contributed by atoms with Gasteiger partial charge in [0.05, 0.1) is 10.8 Å². The molecule has 9 nitrogen and oxygen atoms in total. The molecule has 0 aliphatic heterocycles. The number of benzene rings is 2. The number of sulfonamides is 1. The Kier molecular flexibility index (Phi) is 7.91. The zero-order valence-electron chi connectivity index (χ0n) is 19.0. The highest BCUT2D eigenvalue weighted by Crippen LogP contribution is 2.28. The minimum atomic E-state index is -4.97. The molecule has 0 aromatic heterocycles. The third kappa shape index (κ3) is 6.55. The Morgan fingerprint density at radius 2 is 1.42 bits per heavy atom. The molecule has 1 atom stereocenters. The fourth-order valence-corrected chi connectivity index (χ4v) is 5.60. The molecular weight excluding hydrogens is 470 g/mol. The Bertz CT molecular complexity index is 1220. The number of amides is 1. The van der Waals surface area contributed by atoms with Gasteiger partial charge in [-0.1, -0.05) is 49.4 Å². The van der Waals surface area contributed by atoms with E-state index in [-0.39, 0.29) is 10.9 Å². The number of carbonyl (C=O) groups excluding carboxylic acids is 2. The zero-order valence-corrected chi connectivity index (χ0v) is 20.6. The van der Waals surface area contributed by atoms with Crippen molar-refractivity contribution in [2.75, 3.05) is 6.26 Å². The lowest BCUT2D eigenvalue weighted by atomic mass is 9.97. The topological polar surface area (TPSA) is 124 Å². The van der Waals surface area contributed by atoms with Gasteiger partial charge in [-0.25, -0.2) is 18.0 Å². The number of ether oxygens (including phenoxy) is 1. The third-order valence-electron chi connectivity index (χ3n) is 4.36. The van der Waals surface area contributed by atoms with Gasteiger partial charge >= 0.3 is 22.1 Å². The maximum Gasteiger partial charge on any atom is 0.459 e. The van der Waals surface area contributed by atoms with E-state index in [9.17, 15) is 26.4 Å². The number of hydroxylamine groups is 1. The van der Waals surface area contributed by atoms with Crippen molar-refractivity contribution >= 4 is 31.9 Å². The van der Waals surface area contributed by atoms with Gasteiger partial charge in [-0.2, -0.15) is 8.42 Å². The molecule has 0 saturated carbocycles. The van der Waals surface area contributed by atoms with Crippen LogP contribution in [0.3, 0.4) is 0 Å². The first kappa shape index (κ1) is 26.3. The number of rotatable bonds is 6. The molecular formula is C22H27NO8S2. The summed E-state index contributed by atoms with van der Waals surface area (Å²) in [5.74, 6) is -1.90. The lowest BCUT2D eigenvalue weighted by molar-refractivity contribution is -0.169. The first-order valence-corrected chi connectivity index (χ1v) is 13.4. The zero-order chi connectivity index (χ0) is 25.0. The minimum Gasteiger partial charge on any atom is -0.441 e. The van der Waals surface area contributed by atoms with Crippen LogP contribution in [0.25, 0.3) is 0 Å². The highest BCUT2D eigenvalue weighted by Gasteiger charge is 2.40. The van der Waals surface area contributed by atoms with E-state index >= 15 is 0 Å². The van der Waals surface area contributed by atoms with Crippen molar-refractivity contribution in [3.8, 4) is 0 Å². The SMILES string of the molecule is CCC(C(=O)ON(C(=O)OC(C)(C)C)S(=O)(=O)c1ccccc1S(C)(=O)=O)c1ccccc1. The maximum atomic E-state index is 13.4. The highest BCUT2D eigenvalue weighted by atomic mass is 32.2. The molecule has 11 heteroatoms. The summed E-state index contributed by atoms with van der Waals surface area (Å²) in [6.45, 7) is 6.20. The first-order valence-electron chi connectivity index (χ1n) is 10.0. The van der Waals surface area contributed by atoms with Gasteiger partial charge in [0.1, 0.15) is 10.5 Å². The van der Waals surface area contributed by atoms with E-state index in [1.54, 1.807) is 37.3 Å². The van der Waals surface area contributed by atoms with E-state index < -0.39 is 53.2 Å². The Labute approximate surface area is 194 Å². The number of hydrogen-bond donors (Lipinski definition) is 0. The summed E-state index contributed by atoms with van der Waals surface area (Å²) in [7, 11) is -8.97. The Morgan fingerprint density at radius 3 is 1.91 bits per heavy atom. The Hall–Kier alpha value is -2.92. The Morgan fingerprint density at radius 1 is 0.909 bits per heavy atom. The molecule has 0 aliphatic carbocycles. The van der Waals surface area contributed by atoms with Crippen LogP contribution in [-0.2, 0) is 34.2 Å². The summed E-state index contributed by atoms with van der Waals surface area (Å²) in [6, 6.07) is 13.2. The number of sulfone groups is 1. The van der Waals surface area contributed by atoms with Gasteiger partial charge in [0.25, 0.3) is 0 Å². The largest absolute Gasteiger partial charge is 0.459 e. The lowest BCUT2D eigenvalue weighted by Gasteiger charge is -2.27. The van der Waals surface area contributed by atoms with E-state index in [4.69, 9.17) is 9.57 Å². The van der Waals surface area contributed by atoms with Gasteiger partial charge in [-0.3, -0.25) is 0 Å². The maximum absolute atomic E-state index is 13.4. The van der Waals surface area contributed by atoms with E-state index in [1.807, 2.05) is 0 Å². The van der Waals surface area contributed by atoms with Crippen molar-refractivity contribution in [3.05, 3.63) is 60.2 Å². The van der Waals surface area contributed by atoms with Gasteiger partial charge in [0.15, 0.2) is 9.84 Å². The fraction of sp³-hybridized carbons (Fsp3) is 0.364. The average molecular weight is 498 g/mol. The summed E-state index contributed by atoms with van der Waals surface area (Å²) in [5, 5.41) is 0. The second-order valence-electron chi connectivity index (χ2n) is 8.21. The van der Waals surface area contributed by atoms with E-state index in [0.29, 0.717) is 5.56 Å². The monoisotopic (exact) mass is 497 g/mol. The summed E-state index contributed by atoms with van der Waals surface area (Å²) < 4.78 is 56.1. The molecule has 33 heavy (non-hydrogen) atoms. The molecule has 2 aromatic rings. The van der Waals surface area contributed by atoms with Crippen LogP contribution >= 0.6 is 0 Å². The van der Waals surface area contributed by atoms with E-state index in [0.717, 1.165) is 18.4 Å². The predicted octanol–water partition coefficient (Wildman–Crippen LogP) is 3.67. The van der Waals surface area contributed by atoms with Gasteiger partial charge in [0.2, 0.25) is 0 Å². The molecule has 0 N–H and O–H groups in total. The highest BCUT2D eigenvalue weighted by molar-refractivity contribution is 7.93. The second kappa shape index (κ2) is 9.92. The molecule has 0 bridgehead atoms. The smallest absolute Gasteiger partial charge is 0.441 e. The predicted molar refractivity (Wildman–Crippen MR) is 120 cm³/mol. The van der Waals surface area contributed by atoms with Crippen LogP contribution < -0.4 is 0 Å². The normalized spacial score (nSPS) is 13.1. The minimum absolute atomic E-state index is 0.184. The molecule has 0 saturated heterocycles. The van der Waals surface area contributed by atoms with E-state index in [1.165, 1.54) is 32.9 Å². The second-order valence-corrected chi connectivity index (χ2v) is 11.9. The van der Waals surface area contributed by atoms with Crippen molar-refractivity contribution in [2.24, 2.45) is 0 Å². The van der Waals surface area contributed by atoms with Crippen molar-refractivity contribution in [1.29, 1.82) is 0 Å². The Balaban J connectivity index is 2.58. The van der Waals surface area contributed by atoms with Crippen molar-refractivity contribution in [3.63, 3.8) is 0 Å². The van der Waals surface area contributed by atoms with Crippen LogP contribution in [0.2, 0.25) is 0 Å². The average Bonchev–Trinajstić information content (AvgIpc) is 2.71. The summed E-state index contributed by atoms with van der Waals surface area (Å²) in [4.78, 5) is 29.6. The van der Waals surface area contributed by atoms with Gasteiger partial charge in [0, 0.05) is 6.26 Å². The van der Waals surface area contributed by atoms with Crippen molar-refractivity contribution in [1.82, 2.24) is 4.47 Å². The number of carbonyl (C=O) groups is 2. The summed E-state index contributed by atoms with van der Waals surface area (Å²) in [5.41, 5.74) is -0.569. The molecule has 0 heterocycles. The van der Waals surface area contributed by atoms with Crippen molar-refractivity contribution < 1.29 is 36.0 Å². The molecule has 0 aliphatic rings. The van der Waals surface area contributed by atoms with E-state index in [2.05, 4.69) is 0 Å². The third-order valence-corrected chi connectivity index (χ3v) is 7.21. The van der Waals surface area contributed by atoms with Gasteiger partial charge < -0.3 is 9.57 Å². The van der Waals surface area contributed by atoms with Gasteiger partial charge in [-0.15, -0.1) is 0 Å². The molecule has 0 radical (unpaired) electrons. The molecule has 2 rings (SSSR count). The molecule has 0 spiro atoms. The summed E-state index contributed by atoms with van der Waals surface area (Å²) in [6.07, 6.45) is -0.402. The van der Waals surface area contributed by atoms with Crippen LogP contribution in [0.15, 0.2) is 64.4 Å².